The zero-order chi connectivity index (χ0) is 16.0. The number of hydrogen-bond acceptors (Lipinski definition) is 2. The van der Waals surface area contributed by atoms with Crippen LogP contribution in [-0.4, -0.2) is 5.97 Å². The van der Waals surface area contributed by atoms with Crippen LogP contribution in [-0.2, 0) is 4.79 Å². The number of carboxylic acids is 1. The summed E-state index contributed by atoms with van der Waals surface area (Å²) in [5.41, 5.74) is 0.874. The molecule has 0 fully saturated rings. The van der Waals surface area contributed by atoms with Crippen LogP contribution >= 0.6 is 0 Å². The van der Waals surface area contributed by atoms with E-state index in [4.69, 9.17) is 0 Å². The summed E-state index contributed by atoms with van der Waals surface area (Å²) in [5, 5.41) is 11.3. The van der Waals surface area contributed by atoms with Gasteiger partial charge in [0.25, 0.3) is 0 Å². The number of carbonyl (C=O) groups excluding carboxylic acids is 1. The number of benzene rings is 1. The molecule has 3 heteroatoms. The molecule has 1 atom stereocenters. The first-order valence-electron chi connectivity index (χ1n) is 9.01. The monoisotopic (exact) mass is 326 g/mol. The van der Waals surface area contributed by atoms with Crippen LogP contribution in [0.5, 0.6) is 0 Å². The third-order valence-corrected chi connectivity index (χ3v) is 4.33. The molecule has 124 valence electrons. The van der Waals surface area contributed by atoms with Gasteiger partial charge in [0.05, 0.1) is 0 Å². The Kier molecular flexibility index (Phi) is 15.0. The van der Waals surface area contributed by atoms with Gasteiger partial charge >= 0.3 is 29.6 Å². The van der Waals surface area contributed by atoms with Crippen molar-refractivity contribution in [2.75, 3.05) is 0 Å². The van der Waals surface area contributed by atoms with Gasteiger partial charge in [-0.05, 0) is 12.0 Å². The van der Waals surface area contributed by atoms with Gasteiger partial charge in [-0.25, -0.2) is 0 Å². The molecule has 23 heavy (non-hydrogen) atoms. The van der Waals surface area contributed by atoms with Crippen molar-refractivity contribution in [2.45, 2.75) is 83.5 Å². The van der Waals surface area contributed by atoms with Gasteiger partial charge in [0.2, 0.25) is 0 Å². The molecule has 1 aromatic carbocycles. The minimum atomic E-state index is -0.942. The van der Waals surface area contributed by atoms with E-state index in [1.807, 2.05) is 30.3 Å². The van der Waals surface area contributed by atoms with Crippen LogP contribution in [0.2, 0.25) is 0 Å². The van der Waals surface area contributed by atoms with E-state index in [0.717, 1.165) is 18.4 Å². The van der Waals surface area contributed by atoms with Crippen molar-refractivity contribution in [2.24, 2.45) is 0 Å². The Morgan fingerprint density at radius 2 is 1.35 bits per heavy atom. The van der Waals surface area contributed by atoms with Crippen molar-refractivity contribution in [3.05, 3.63) is 35.9 Å². The Labute approximate surface area is 164 Å². The van der Waals surface area contributed by atoms with E-state index in [1.165, 1.54) is 51.4 Å². The summed E-state index contributed by atoms with van der Waals surface area (Å²) in [6, 6.07) is 9.47. The molecule has 0 aliphatic rings. The zero-order valence-corrected chi connectivity index (χ0v) is 17.1. The fourth-order valence-electron chi connectivity index (χ4n) is 2.94. The predicted octanol–water partition coefficient (Wildman–Crippen LogP) is 1.84. The largest absolute Gasteiger partial charge is 1.00 e. The first kappa shape index (κ1) is 22.7. The molecule has 0 saturated carbocycles. The number of rotatable bonds is 13. The molecule has 0 N–H and O–H groups in total. The van der Waals surface area contributed by atoms with Crippen molar-refractivity contribution < 1.29 is 39.5 Å². The maximum atomic E-state index is 11.3. The maximum absolute atomic E-state index is 11.3. The van der Waals surface area contributed by atoms with E-state index in [9.17, 15) is 9.90 Å². The van der Waals surface area contributed by atoms with Gasteiger partial charge in [-0.15, -0.1) is 0 Å². The Morgan fingerprint density at radius 1 is 0.870 bits per heavy atom. The van der Waals surface area contributed by atoms with Gasteiger partial charge in [0.1, 0.15) is 0 Å². The summed E-state index contributed by atoms with van der Waals surface area (Å²) in [7, 11) is 0. The summed E-state index contributed by atoms with van der Waals surface area (Å²) in [5.74, 6) is -1.39. The van der Waals surface area contributed by atoms with E-state index >= 15 is 0 Å². The van der Waals surface area contributed by atoms with Gasteiger partial charge in [-0.2, -0.15) is 0 Å². The van der Waals surface area contributed by atoms with Crippen LogP contribution in [0.4, 0.5) is 0 Å². The summed E-state index contributed by atoms with van der Waals surface area (Å²) in [4.78, 5) is 11.3. The van der Waals surface area contributed by atoms with Crippen LogP contribution in [0.1, 0.15) is 89.0 Å². The Morgan fingerprint density at radius 3 is 1.83 bits per heavy atom. The van der Waals surface area contributed by atoms with Gasteiger partial charge < -0.3 is 9.90 Å². The SMILES string of the molecule is CCCCCCCCCCCCC(C(=O)[O-])c1ccccc1.[Na+]. The predicted molar refractivity (Wildman–Crippen MR) is 90.7 cm³/mol. The van der Waals surface area contributed by atoms with Crippen molar-refractivity contribution in [3.63, 3.8) is 0 Å². The molecule has 1 rings (SSSR count). The molecule has 0 heterocycles. The molecule has 0 spiro atoms. The number of carbonyl (C=O) groups is 1. The molecular formula is C20H31NaO2. The smallest absolute Gasteiger partial charge is 0.549 e. The van der Waals surface area contributed by atoms with Crippen molar-refractivity contribution in [1.29, 1.82) is 0 Å². The van der Waals surface area contributed by atoms with Crippen LogP contribution in [0.3, 0.4) is 0 Å². The van der Waals surface area contributed by atoms with Crippen LogP contribution in [0, 0.1) is 0 Å². The number of aliphatic carboxylic acids is 1. The molecule has 0 bridgehead atoms. The van der Waals surface area contributed by atoms with Crippen molar-refractivity contribution in [1.82, 2.24) is 0 Å². The van der Waals surface area contributed by atoms with Gasteiger partial charge in [-0.1, -0.05) is 101 Å². The first-order valence-corrected chi connectivity index (χ1v) is 9.01. The quantitative estimate of drug-likeness (QED) is 0.410. The molecule has 2 nitrogen and oxygen atoms in total. The molecule has 0 aromatic heterocycles. The number of hydrogen-bond donors (Lipinski definition) is 0. The summed E-state index contributed by atoms with van der Waals surface area (Å²) in [6.07, 6.45) is 13.4. The fourth-order valence-corrected chi connectivity index (χ4v) is 2.94. The fraction of sp³-hybridized carbons (Fsp3) is 0.650. The average Bonchev–Trinajstić information content (AvgIpc) is 2.53. The summed E-state index contributed by atoms with van der Waals surface area (Å²) >= 11 is 0. The van der Waals surface area contributed by atoms with E-state index in [2.05, 4.69) is 6.92 Å². The van der Waals surface area contributed by atoms with Crippen LogP contribution < -0.4 is 34.7 Å². The second-order valence-corrected chi connectivity index (χ2v) is 6.25. The minimum absolute atomic E-state index is 0. The normalized spacial score (nSPS) is 11.7. The van der Waals surface area contributed by atoms with E-state index in [-0.39, 0.29) is 29.6 Å². The summed E-state index contributed by atoms with van der Waals surface area (Å²) < 4.78 is 0. The molecule has 0 radical (unpaired) electrons. The van der Waals surface area contributed by atoms with E-state index in [1.54, 1.807) is 0 Å². The average molecular weight is 326 g/mol. The standard InChI is InChI=1S/C20H32O2.Na/c1-2-3-4-5-6-7-8-9-10-14-17-19(20(21)22)18-15-12-11-13-16-18;/h11-13,15-16,19H,2-10,14,17H2,1H3,(H,21,22);/q;+1/p-1. The van der Waals surface area contributed by atoms with Crippen LogP contribution in [0.15, 0.2) is 30.3 Å². The zero-order valence-electron chi connectivity index (χ0n) is 15.1. The first-order chi connectivity index (χ1) is 10.8. The third-order valence-electron chi connectivity index (χ3n) is 4.33. The number of carboxylic acid groups (broad SMARTS) is 1. The van der Waals surface area contributed by atoms with Crippen molar-refractivity contribution >= 4 is 5.97 Å². The number of unbranched alkanes of at least 4 members (excludes halogenated alkanes) is 9. The Hall–Kier alpha value is -0.310. The topological polar surface area (TPSA) is 40.1 Å². The summed E-state index contributed by atoms with van der Waals surface area (Å²) in [6.45, 7) is 2.25. The minimum Gasteiger partial charge on any atom is -0.549 e. The Balaban J connectivity index is 0.00000484. The van der Waals surface area contributed by atoms with Gasteiger partial charge in [-0.3, -0.25) is 0 Å². The van der Waals surface area contributed by atoms with Crippen molar-refractivity contribution in [3.8, 4) is 0 Å². The molecule has 0 saturated heterocycles. The molecular weight excluding hydrogens is 295 g/mol. The molecule has 0 aliphatic heterocycles. The second-order valence-electron chi connectivity index (χ2n) is 6.25. The Bertz CT molecular complexity index is 392. The maximum Gasteiger partial charge on any atom is 1.00 e. The second kappa shape index (κ2) is 15.2. The molecule has 0 amide bonds. The van der Waals surface area contributed by atoms with Gasteiger partial charge in [0.15, 0.2) is 0 Å². The molecule has 0 aliphatic carbocycles. The third kappa shape index (κ3) is 11.0. The van der Waals surface area contributed by atoms with Crippen LogP contribution in [0.25, 0.3) is 0 Å². The molecule has 1 aromatic rings. The van der Waals surface area contributed by atoms with Gasteiger partial charge in [0, 0.05) is 11.9 Å². The van der Waals surface area contributed by atoms with E-state index in [0.29, 0.717) is 6.42 Å². The molecule has 1 unspecified atom stereocenters. The van der Waals surface area contributed by atoms with E-state index < -0.39 is 11.9 Å².